The number of amides is 2. The van der Waals surface area contributed by atoms with Crippen LogP contribution in [0.4, 0.5) is 0 Å². The quantitative estimate of drug-likeness (QED) is 0.316. The first-order valence-corrected chi connectivity index (χ1v) is 15.9. The van der Waals surface area contributed by atoms with E-state index in [1.54, 1.807) is 6.92 Å². The van der Waals surface area contributed by atoms with Crippen LogP contribution in [0.25, 0.3) is 22.2 Å². The molecule has 1 spiro atoms. The van der Waals surface area contributed by atoms with Crippen molar-refractivity contribution in [2.24, 2.45) is 5.41 Å². The van der Waals surface area contributed by atoms with Gasteiger partial charge in [0.05, 0.1) is 17.6 Å². The second-order valence-electron chi connectivity index (χ2n) is 11.8. The van der Waals surface area contributed by atoms with Crippen LogP contribution in [0.3, 0.4) is 0 Å². The average molecular weight is 577 g/mol. The molecular formula is C35H52N4O3. The normalized spacial score (nSPS) is 17.5. The summed E-state index contributed by atoms with van der Waals surface area (Å²) in [6.07, 6.45) is 7.95. The van der Waals surface area contributed by atoms with E-state index < -0.39 is 0 Å². The van der Waals surface area contributed by atoms with Crippen LogP contribution in [0.2, 0.25) is 0 Å². The summed E-state index contributed by atoms with van der Waals surface area (Å²) < 4.78 is 5.83. The number of fused-ring (bicyclic) bond motifs is 1. The lowest BCUT2D eigenvalue weighted by molar-refractivity contribution is -0.134. The van der Waals surface area contributed by atoms with Gasteiger partial charge in [-0.15, -0.1) is 0 Å². The van der Waals surface area contributed by atoms with E-state index in [2.05, 4.69) is 86.3 Å². The maximum absolute atomic E-state index is 11.7. The Kier molecular flexibility index (Phi) is 12.4. The highest BCUT2D eigenvalue weighted by Gasteiger charge is 2.41. The third-order valence-corrected chi connectivity index (χ3v) is 8.18. The average Bonchev–Trinajstić information content (AvgIpc) is 3.35. The molecule has 7 heteroatoms. The smallest absolute Gasteiger partial charge is 0.220 e. The molecule has 0 bridgehead atoms. The van der Waals surface area contributed by atoms with Gasteiger partial charge in [-0.3, -0.25) is 9.59 Å². The van der Waals surface area contributed by atoms with Gasteiger partial charge in [0.1, 0.15) is 11.6 Å². The molecule has 42 heavy (non-hydrogen) atoms. The molecule has 0 radical (unpaired) electrons. The minimum atomic E-state index is 0.159. The van der Waals surface area contributed by atoms with Crippen molar-refractivity contribution < 1.29 is 14.3 Å². The van der Waals surface area contributed by atoms with Crippen LogP contribution in [0.15, 0.2) is 36.4 Å². The molecule has 2 N–H and O–H groups in total. The molecule has 3 heterocycles. The Morgan fingerprint density at radius 3 is 2.33 bits per heavy atom. The fraction of sp³-hybridized carbons (Fsp3) is 0.571. The molecule has 2 fully saturated rings. The first kappa shape index (κ1) is 33.2. The number of H-pyrrole nitrogens is 1. The maximum Gasteiger partial charge on any atom is 0.220 e. The number of likely N-dealkylation sites (tertiary alicyclic amines) is 1. The molecule has 1 unspecified atom stereocenters. The van der Waals surface area contributed by atoms with E-state index in [9.17, 15) is 9.59 Å². The lowest BCUT2D eigenvalue weighted by atomic mass is 9.69. The third kappa shape index (κ3) is 8.83. The fourth-order valence-electron chi connectivity index (χ4n) is 5.89. The van der Waals surface area contributed by atoms with Crippen molar-refractivity contribution in [2.45, 2.75) is 106 Å². The molecular weight excluding hydrogens is 524 g/mol. The van der Waals surface area contributed by atoms with Crippen molar-refractivity contribution in [3.8, 4) is 16.9 Å². The van der Waals surface area contributed by atoms with Gasteiger partial charge in [-0.05, 0) is 91.8 Å². The molecule has 2 amide bonds. The van der Waals surface area contributed by atoms with Crippen molar-refractivity contribution in [2.75, 3.05) is 19.7 Å². The Hall–Kier alpha value is -3.35. The van der Waals surface area contributed by atoms with Gasteiger partial charge in [0, 0.05) is 32.5 Å². The van der Waals surface area contributed by atoms with Crippen molar-refractivity contribution in [3.63, 3.8) is 0 Å². The van der Waals surface area contributed by atoms with Crippen molar-refractivity contribution in [1.29, 1.82) is 0 Å². The molecule has 2 aliphatic heterocycles. The van der Waals surface area contributed by atoms with E-state index in [1.165, 1.54) is 23.1 Å². The number of rotatable bonds is 6. The van der Waals surface area contributed by atoms with Gasteiger partial charge in [-0.1, -0.05) is 53.2 Å². The number of carbonyl (C=O) groups is 2. The predicted molar refractivity (Wildman–Crippen MR) is 173 cm³/mol. The molecule has 2 aliphatic rings. The number of nitrogens with one attached hydrogen (secondary N) is 2. The second-order valence-corrected chi connectivity index (χ2v) is 11.8. The topological polar surface area (TPSA) is 87.3 Å². The molecule has 0 saturated carbocycles. The van der Waals surface area contributed by atoms with E-state index in [0.29, 0.717) is 12.5 Å². The zero-order valence-corrected chi connectivity index (χ0v) is 26.9. The Labute approximate surface area is 252 Å². The van der Waals surface area contributed by atoms with Crippen molar-refractivity contribution in [3.05, 3.63) is 47.8 Å². The lowest BCUT2D eigenvalue weighted by Gasteiger charge is -2.46. The van der Waals surface area contributed by atoms with Gasteiger partial charge in [-0.25, -0.2) is 4.98 Å². The second kappa shape index (κ2) is 15.8. The van der Waals surface area contributed by atoms with Crippen LogP contribution in [-0.2, 0) is 16.0 Å². The van der Waals surface area contributed by atoms with Gasteiger partial charge in [0.2, 0.25) is 11.8 Å². The number of carbonyl (C=O) groups excluding carboxylic acids is 2. The Balaban J connectivity index is 0.000000217. The lowest BCUT2D eigenvalue weighted by Crippen LogP contribution is -2.52. The summed E-state index contributed by atoms with van der Waals surface area (Å²) in [5, 5.41) is 3.05. The third-order valence-electron chi connectivity index (χ3n) is 8.18. The Morgan fingerprint density at radius 2 is 1.71 bits per heavy atom. The zero-order valence-electron chi connectivity index (χ0n) is 26.9. The van der Waals surface area contributed by atoms with Crippen LogP contribution < -0.4 is 10.1 Å². The van der Waals surface area contributed by atoms with Gasteiger partial charge in [-0.2, -0.15) is 0 Å². The van der Waals surface area contributed by atoms with Crippen molar-refractivity contribution in [1.82, 2.24) is 20.2 Å². The molecule has 0 aliphatic carbocycles. The van der Waals surface area contributed by atoms with E-state index in [1.807, 2.05) is 11.8 Å². The summed E-state index contributed by atoms with van der Waals surface area (Å²) >= 11 is 0. The molecule has 2 saturated heterocycles. The SMILES string of the molecule is CCC.CCC1CC2(CCN(C(C)=O)CC2)CC(=O)N1.CCCOc1ccc(-c2ccc3nc(C)[nH]c3c2)cc1CC. The number of aryl methyl sites for hydroxylation is 2. The summed E-state index contributed by atoms with van der Waals surface area (Å²) in [6, 6.07) is 13.2. The highest BCUT2D eigenvalue weighted by molar-refractivity contribution is 5.82. The summed E-state index contributed by atoms with van der Waals surface area (Å²) in [4.78, 5) is 32.7. The molecule has 230 valence electrons. The molecule has 1 atom stereocenters. The van der Waals surface area contributed by atoms with E-state index in [0.717, 1.165) is 80.8 Å². The van der Waals surface area contributed by atoms with Gasteiger partial charge in [0.15, 0.2) is 0 Å². The minimum absolute atomic E-state index is 0.159. The number of benzene rings is 2. The molecule has 1 aromatic heterocycles. The molecule has 5 rings (SSSR count). The number of nitrogens with zero attached hydrogens (tertiary/aromatic N) is 2. The van der Waals surface area contributed by atoms with Crippen LogP contribution in [0.1, 0.15) is 97.9 Å². The highest BCUT2D eigenvalue weighted by atomic mass is 16.5. The summed E-state index contributed by atoms with van der Waals surface area (Å²) in [6.45, 7) is 16.7. The number of ether oxygens (including phenoxy) is 1. The van der Waals surface area contributed by atoms with Crippen LogP contribution in [0.5, 0.6) is 5.75 Å². The first-order valence-electron chi connectivity index (χ1n) is 15.9. The molecule has 2 aromatic carbocycles. The highest BCUT2D eigenvalue weighted by Crippen LogP contribution is 2.42. The number of aromatic nitrogens is 2. The predicted octanol–water partition coefficient (Wildman–Crippen LogP) is 7.61. The largest absolute Gasteiger partial charge is 0.493 e. The minimum Gasteiger partial charge on any atom is -0.493 e. The van der Waals surface area contributed by atoms with E-state index in [-0.39, 0.29) is 17.2 Å². The summed E-state index contributed by atoms with van der Waals surface area (Å²) in [5.41, 5.74) is 5.93. The van der Waals surface area contributed by atoms with Gasteiger partial charge >= 0.3 is 0 Å². The number of hydrogen-bond donors (Lipinski definition) is 2. The first-order chi connectivity index (χ1) is 20.2. The van der Waals surface area contributed by atoms with Crippen LogP contribution in [0, 0.1) is 12.3 Å². The fourth-order valence-corrected chi connectivity index (χ4v) is 5.89. The van der Waals surface area contributed by atoms with E-state index in [4.69, 9.17) is 4.74 Å². The zero-order chi connectivity index (χ0) is 30.7. The standard InChI is InChI=1S/C19H22N2O.C13H22N2O2.C3H8/c1-4-10-22-19-9-7-15(11-14(19)5-2)16-6-8-17-18(12-16)21-13(3)20-17;1-3-11-8-13(9-12(17)14-11)4-6-15(7-5-13)10(2)16;1-3-2/h6-9,11-12H,4-5,10H2,1-3H3,(H,20,21);11H,3-9H2,1-2H3,(H,14,17);3H2,1-2H3. The maximum atomic E-state index is 11.7. The van der Waals surface area contributed by atoms with Crippen molar-refractivity contribution >= 4 is 22.8 Å². The van der Waals surface area contributed by atoms with Gasteiger partial charge < -0.3 is 19.9 Å². The van der Waals surface area contributed by atoms with Crippen LogP contribution in [-0.4, -0.2) is 52.4 Å². The van der Waals surface area contributed by atoms with Crippen LogP contribution >= 0.6 is 0 Å². The van der Waals surface area contributed by atoms with E-state index >= 15 is 0 Å². The summed E-state index contributed by atoms with van der Waals surface area (Å²) in [5.74, 6) is 2.31. The molecule has 7 nitrogen and oxygen atoms in total. The summed E-state index contributed by atoms with van der Waals surface area (Å²) in [7, 11) is 0. The monoisotopic (exact) mass is 576 g/mol. The number of piperidine rings is 2. The molecule has 3 aromatic rings. The number of aromatic amines is 1. The van der Waals surface area contributed by atoms with Gasteiger partial charge in [0.25, 0.3) is 0 Å². The number of hydrogen-bond acceptors (Lipinski definition) is 4. The number of imidazole rings is 1. The Bertz CT molecular complexity index is 1310. The Morgan fingerprint density at radius 1 is 1.05 bits per heavy atom.